The van der Waals surface area contributed by atoms with Crippen LogP contribution in [-0.2, 0) is 0 Å². The molecule has 1 N–H and O–H groups in total. The van der Waals surface area contributed by atoms with E-state index in [0.29, 0.717) is 11.5 Å². The molecule has 0 aromatic carbocycles. The van der Waals surface area contributed by atoms with Crippen LogP contribution >= 0.6 is 0 Å². The van der Waals surface area contributed by atoms with Gasteiger partial charge in [0.2, 0.25) is 0 Å². The molecule has 0 radical (unpaired) electrons. The van der Waals surface area contributed by atoms with Gasteiger partial charge in [-0.3, -0.25) is 4.98 Å². The average Bonchev–Trinajstić information content (AvgIpc) is 2.28. The van der Waals surface area contributed by atoms with E-state index < -0.39 is 5.97 Å². The molecule has 0 aliphatic heterocycles. The van der Waals surface area contributed by atoms with Gasteiger partial charge < -0.3 is 5.11 Å². The Morgan fingerprint density at radius 1 is 1.35 bits per heavy atom. The van der Waals surface area contributed by atoms with Crippen LogP contribution in [0.2, 0.25) is 0 Å². The van der Waals surface area contributed by atoms with E-state index in [1.807, 2.05) is 0 Å². The van der Waals surface area contributed by atoms with Crippen LogP contribution in [0.25, 0.3) is 0 Å². The number of pyridine rings is 1. The molecule has 0 saturated heterocycles. The van der Waals surface area contributed by atoms with E-state index >= 15 is 0 Å². The highest BCUT2D eigenvalue weighted by atomic mass is 16.4. The van der Waals surface area contributed by atoms with Crippen molar-refractivity contribution < 1.29 is 9.90 Å². The summed E-state index contributed by atoms with van der Waals surface area (Å²) in [6.45, 7) is 6.54. The number of rotatable bonds is 6. The predicted molar refractivity (Wildman–Crippen MR) is 68.3 cm³/mol. The Morgan fingerprint density at radius 2 is 2.06 bits per heavy atom. The maximum atomic E-state index is 10.9. The van der Waals surface area contributed by atoms with E-state index in [1.165, 1.54) is 12.5 Å². The SMILES string of the molecule is CC(C)CCCC(C)c1cc(C(=O)O)ccn1. The average molecular weight is 235 g/mol. The Labute approximate surface area is 103 Å². The summed E-state index contributed by atoms with van der Waals surface area (Å²) >= 11 is 0. The molecule has 0 saturated carbocycles. The van der Waals surface area contributed by atoms with Crippen molar-refractivity contribution in [3.05, 3.63) is 29.6 Å². The van der Waals surface area contributed by atoms with Gasteiger partial charge in [-0.2, -0.15) is 0 Å². The minimum atomic E-state index is -0.886. The number of hydrogen-bond acceptors (Lipinski definition) is 2. The van der Waals surface area contributed by atoms with Crippen LogP contribution in [0.4, 0.5) is 0 Å². The minimum absolute atomic E-state index is 0.325. The van der Waals surface area contributed by atoms with Gasteiger partial charge in [-0.1, -0.05) is 33.6 Å². The van der Waals surface area contributed by atoms with E-state index in [-0.39, 0.29) is 0 Å². The van der Waals surface area contributed by atoms with E-state index in [4.69, 9.17) is 5.11 Å². The van der Waals surface area contributed by atoms with Crippen molar-refractivity contribution in [1.82, 2.24) is 4.98 Å². The molecule has 0 fully saturated rings. The van der Waals surface area contributed by atoms with Gasteiger partial charge in [-0.05, 0) is 30.4 Å². The number of carboxylic acid groups (broad SMARTS) is 1. The van der Waals surface area contributed by atoms with Gasteiger partial charge in [0.15, 0.2) is 0 Å². The van der Waals surface area contributed by atoms with E-state index in [2.05, 4.69) is 25.8 Å². The first-order valence-electron chi connectivity index (χ1n) is 6.20. The molecular formula is C14H21NO2. The van der Waals surface area contributed by atoms with Crippen LogP contribution < -0.4 is 0 Å². The van der Waals surface area contributed by atoms with Crippen molar-refractivity contribution in [3.63, 3.8) is 0 Å². The lowest BCUT2D eigenvalue weighted by molar-refractivity contribution is 0.0696. The molecule has 0 amide bonds. The Morgan fingerprint density at radius 3 is 2.65 bits per heavy atom. The number of hydrogen-bond donors (Lipinski definition) is 1. The highest BCUT2D eigenvalue weighted by Gasteiger charge is 2.10. The van der Waals surface area contributed by atoms with E-state index in [1.54, 1.807) is 12.3 Å². The summed E-state index contributed by atoms with van der Waals surface area (Å²) in [4.78, 5) is 15.1. The van der Waals surface area contributed by atoms with Crippen LogP contribution in [0.15, 0.2) is 18.3 Å². The van der Waals surface area contributed by atoms with Crippen LogP contribution in [0, 0.1) is 5.92 Å². The number of carboxylic acids is 1. The fourth-order valence-corrected chi connectivity index (χ4v) is 1.83. The quantitative estimate of drug-likeness (QED) is 0.817. The monoisotopic (exact) mass is 235 g/mol. The smallest absolute Gasteiger partial charge is 0.335 e. The topological polar surface area (TPSA) is 50.2 Å². The molecule has 0 spiro atoms. The second-order valence-corrected chi connectivity index (χ2v) is 5.00. The Bertz CT molecular complexity index is 374. The maximum Gasteiger partial charge on any atom is 0.335 e. The summed E-state index contributed by atoms with van der Waals surface area (Å²) in [7, 11) is 0. The van der Waals surface area contributed by atoms with Crippen LogP contribution in [0.1, 0.15) is 62.0 Å². The summed E-state index contributed by atoms with van der Waals surface area (Å²) in [5.41, 5.74) is 1.21. The molecule has 94 valence electrons. The fraction of sp³-hybridized carbons (Fsp3) is 0.571. The zero-order chi connectivity index (χ0) is 12.8. The lowest BCUT2D eigenvalue weighted by atomic mass is 9.96. The predicted octanol–water partition coefficient (Wildman–Crippen LogP) is 3.71. The zero-order valence-electron chi connectivity index (χ0n) is 10.8. The summed E-state index contributed by atoms with van der Waals surface area (Å²) in [5, 5.41) is 8.91. The van der Waals surface area contributed by atoms with Gasteiger partial charge in [0.05, 0.1) is 5.56 Å². The lowest BCUT2D eigenvalue weighted by Gasteiger charge is -2.12. The van der Waals surface area contributed by atoms with E-state index in [0.717, 1.165) is 24.5 Å². The highest BCUT2D eigenvalue weighted by Crippen LogP contribution is 2.21. The molecule has 3 nitrogen and oxygen atoms in total. The Balaban J connectivity index is 2.59. The Hall–Kier alpha value is -1.38. The van der Waals surface area contributed by atoms with Gasteiger partial charge >= 0.3 is 5.97 Å². The minimum Gasteiger partial charge on any atom is -0.478 e. The van der Waals surface area contributed by atoms with Crippen LogP contribution in [0.3, 0.4) is 0 Å². The highest BCUT2D eigenvalue weighted by molar-refractivity contribution is 5.87. The van der Waals surface area contributed by atoms with Gasteiger partial charge in [-0.25, -0.2) is 4.79 Å². The van der Waals surface area contributed by atoms with E-state index in [9.17, 15) is 4.79 Å². The summed E-state index contributed by atoms with van der Waals surface area (Å²) < 4.78 is 0. The molecule has 1 atom stereocenters. The second-order valence-electron chi connectivity index (χ2n) is 5.00. The third-order valence-electron chi connectivity index (χ3n) is 2.95. The third-order valence-corrected chi connectivity index (χ3v) is 2.95. The van der Waals surface area contributed by atoms with Crippen molar-refractivity contribution in [3.8, 4) is 0 Å². The fourth-order valence-electron chi connectivity index (χ4n) is 1.83. The largest absolute Gasteiger partial charge is 0.478 e. The number of aromatic nitrogens is 1. The first-order valence-corrected chi connectivity index (χ1v) is 6.20. The molecule has 3 heteroatoms. The molecule has 1 aromatic heterocycles. The molecule has 17 heavy (non-hydrogen) atoms. The standard InChI is InChI=1S/C14H21NO2/c1-10(2)5-4-6-11(3)13-9-12(14(16)17)7-8-15-13/h7-11H,4-6H2,1-3H3,(H,16,17). The summed E-state index contributed by atoms with van der Waals surface area (Å²) in [5.74, 6) is 0.164. The summed E-state index contributed by atoms with van der Waals surface area (Å²) in [6, 6.07) is 3.22. The molecule has 0 aliphatic rings. The molecule has 1 unspecified atom stereocenters. The van der Waals surface area contributed by atoms with Crippen LogP contribution in [0.5, 0.6) is 0 Å². The zero-order valence-corrected chi connectivity index (χ0v) is 10.8. The third kappa shape index (κ3) is 4.55. The first kappa shape index (κ1) is 13.7. The summed E-state index contributed by atoms with van der Waals surface area (Å²) in [6.07, 6.45) is 5.02. The van der Waals surface area contributed by atoms with Gasteiger partial charge in [0.25, 0.3) is 0 Å². The van der Waals surface area contributed by atoms with Crippen molar-refractivity contribution in [2.75, 3.05) is 0 Å². The molecule has 1 heterocycles. The lowest BCUT2D eigenvalue weighted by Crippen LogP contribution is -2.02. The van der Waals surface area contributed by atoms with Gasteiger partial charge in [0, 0.05) is 11.9 Å². The van der Waals surface area contributed by atoms with Gasteiger partial charge in [0.1, 0.15) is 0 Å². The number of nitrogens with zero attached hydrogens (tertiary/aromatic N) is 1. The van der Waals surface area contributed by atoms with Crippen molar-refractivity contribution in [1.29, 1.82) is 0 Å². The van der Waals surface area contributed by atoms with Crippen molar-refractivity contribution in [2.24, 2.45) is 5.92 Å². The molecule has 1 aromatic rings. The maximum absolute atomic E-state index is 10.9. The molecule has 1 rings (SSSR count). The molecular weight excluding hydrogens is 214 g/mol. The molecule has 0 bridgehead atoms. The van der Waals surface area contributed by atoms with Crippen LogP contribution in [-0.4, -0.2) is 16.1 Å². The second kappa shape index (κ2) is 6.38. The first-order chi connectivity index (χ1) is 8.00. The molecule has 0 aliphatic carbocycles. The number of carbonyl (C=O) groups is 1. The van der Waals surface area contributed by atoms with Crippen molar-refractivity contribution in [2.45, 2.75) is 46.0 Å². The van der Waals surface area contributed by atoms with Crippen molar-refractivity contribution >= 4 is 5.97 Å². The normalized spacial score (nSPS) is 12.7. The Kier molecular flexibility index (Phi) is 5.13. The van der Waals surface area contributed by atoms with Gasteiger partial charge in [-0.15, -0.1) is 0 Å². The number of aromatic carboxylic acids is 1.